The van der Waals surface area contributed by atoms with E-state index in [0.717, 1.165) is 103 Å². The molecule has 0 aromatic heterocycles. The van der Waals surface area contributed by atoms with Crippen LogP contribution in [0, 0.1) is 0 Å². The van der Waals surface area contributed by atoms with Gasteiger partial charge in [0, 0.05) is 12.8 Å². The Kier molecular flexibility index (Phi) is 54.8. The fourth-order valence-corrected chi connectivity index (χ4v) is 9.81. The minimum atomic E-state index is -4.71. The van der Waals surface area contributed by atoms with Crippen LogP contribution in [0.2, 0.25) is 0 Å². The standard InChI is InChI=1S/C67H123N2O7P/c1-7-10-13-16-19-22-25-28-30-32-33-34-35-37-39-42-45-48-51-54-57-60-67(71)76-65(58-55-52-49-46-43-40-27-24-21-18-15-12-9-3)64(63-75-77(72,73)74-62-61-69(4,5)6)68-66(70)59-56-53-50-47-44-41-38-36-31-29-26-23-20-17-14-11-8-2/h19,22,28-31,33-34,37,39,55,58,64-65H,7-18,20-21,23-27,32,35-36,38,40-54,56-57,59-63H2,1-6H3,(H-,68,70,72,73)/b22-19-,30-28-,31-29+,34-33-,39-37-,58-55+. The lowest BCUT2D eigenvalue weighted by Gasteiger charge is -2.30. The molecule has 0 radical (unpaired) electrons. The van der Waals surface area contributed by atoms with Crippen molar-refractivity contribution in [3.05, 3.63) is 72.9 Å². The number of amides is 1. The lowest BCUT2D eigenvalue weighted by Crippen LogP contribution is -2.47. The first kappa shape index (κ1) is 74.5. The fourth-order valence-electron chi connectivity index (χ4n) is 9.09. The van der Waals surface area contributed by atoms with E-state index in [4.69, 9.17) is 13.8 Å². The molecule has 9 nitrogen and oxygen atoms in total. The number of phosphoric ester groups is 1. The van der Waals surface area contributed by atoms with Gasteiger partial charge in [0.2, 0.25) is 5.91 Å². The third-order valence-corrected chi connectivity index (χ3v) is 15.1. The van der Waals surface area contributed by atoms with Crippen LogP contribution in [0.15, 0.2) is 72.9 Å². The summed E-state index contributed by atoms with van der Waals surface area (Å²) >= 11 is 0. The minimum absolute atomic E-state index is 0.0283. The molecule has 0 spiro atoms. The Hall–Kier alpha value is -2.55. The van der Waals surface area contributed by atoms with Gasteiger partial charge >= 0.3 is 5.97 Å². The zero-order valence-corrected chi connectivity index (χ0v) is 52.0. The van der Waals surface area contributed by atoms with Crippen LogP contribution >= 0.6 is 7.82 Å². The number of quaternary nitrogens is 1. The molecule has 0 aromatic carbocycles. The maximum absolute atomic E-state index is 13.5. The summed E-state index contributed by atoms with van der Waals surface area (Å²) in [7, 11) is 1.17. The van der Waals surface area contributed by atoms with Gasteiger partial charge in [-0.1, -0.05) is 248 Å². The zero-order chi connectivity index (χ0) is 56.4. The van der Waals surface area contributed by atoms with Crippen LogP contribution in [-0.4, -0.2) is 69.4 Å². The van der Waals surface area contributed by atoms with Crippen LogP contribution < -0.4 is 10.2 Å². The smallest absolute Gasteiger partial charge is 0.306 e. The molecule has 0 aliphatic rings. The van der Waals surface area contributed by atoms with Crippen LogP contribution in [0.25, 0.3) is 0 Å². The molecule has 3 unspecified atom stereocenters. The highest BCUT2D eigenvalue weighted by atomic mass is 31.2. The quantitative estimate of drug-likeness (QED) is 0.0212. The third kappa shape index (κ3) is 57.9. The number of nitrogens with zero attached hydrogens (tertiary/aromatic N) is 1. The highest BCUT2D eigenvalue weighted by Gasteiger charge is 2.27. The van der Waals surface area contributed by atoms with Crippen molar-refractivity contribution < 1.29 is 37.3 Å². The molecular formula is C67H123N2O7P. The molecule has 77 heavy (non-hydrogen) atoms. The van der Waals surface area contributed by atoms with Gasteiger partial charge in [0.1, 0.15) is 19.3 Å². The molecule has 0 aliphatic carbocycles. The highest BCUT2D eigenvalue weighted by Crippen LogP contribution is 2.38. The number of unbranched alkanes of at least 4 members (excludes halogenated alkanes) is 32. The lowest BCUT2D eigenvalue weighted by atomic mass is 10.0. The second kappa shape index (κ2) is 56.7. The fraction of sp³-hybridized carbons (Fsp3) is 0.791. The van der Waals surface area contributed by atoms with Crippen molar-refractivity contribution in [1.82, 2.24) is 5.32 Å². The number of carbonyl (C=O) groups is 2. The van der Waals surface area contributed by atoms with Gasteiger partial charge in [-0.2, -0.15) is 0 Å². The maximum atomic E-state index is 13.5. The Balaban J connectivity index is 5.30. The number of nitrogens with one attached hydrogen (secondary N) is 1. The van der Waals surface area contributed by atoms with Gasteiger partial charge < -0.3 is 28.5 Å². The molecule has 0 bridgehead atoms. The Bertz CT molecular complexity index is 1550. The van der Waals surface area contributed by atoms with E-state index < -0.39 is 26.6 Å². The summed E-state index contributed by atoms with van der Waals surface area (Å²) in [5.74, 6) is -0.563. The van der Waals surface area contributed by atoms with Crippen LogP contribution in [0.3, 0.4) is 0 Å². The Morgan fingerprint density at radius 1 is 0.455 bits per heavy atom. The molecule has 1 amide bonds. The minimum Gasteiger partial charge on any atom is -0.756 e. The third-order valence-electron chi connectivity index (χ3n) is 14.1. The van der Waals surface area contributed by atoms with E-state index in [9.17, 15) is 19.0 Å². The Morgan fingerprint density at radius 3 is 1.22 bits per heavy atom. The van der Waals surface area contributed by atoms with Gasteiger partial charge in [0.15, 0.2) is 0 Å². The molecule has 0 saturated heterocycles. The summed E-state index contributed by atoms with van der Waals surface area (Å²) in [6.45, 7) is 6.81. The van der Waals surface area contributed by atoms with Gasteiger partial charge in [0.25, 0.3) is 7.82 Å². The normalized spacial score (nSPS) is 14.1. The number of hydrogen-bond acceptors (Lipinski definition) is 7. The summed E-state index contributed by atoms with van der Waals surface area (Å²) in [4.78, 5) is 40.0. The van der Waals surface area contributed by atoms with Crippen LogP contribution in [0.4, 0.5) is 0 Å². The van der Waals surface area contributed by atoms with Gasteiger partial charge in [-0.05, 0) is 102 Å². The Labute approximate surface area is 476 Å². The molecular weight excluding hydrogens is 976 g/mol. The number of likely N-dealkylation sites (N-methyl/N-ethyl adjacent to an activating group) is 1. The van der Waals surface area contributed by atoms with Crippen molar-refractivity contribution in [3.63, 3.8) is 0 Å². The Morgan fingerprint density at radius 2 is 0.792 bits per heavy atom. The number of esters is 1. The van der Waals surface area contributed by atoms with Crippen molar-refractivity contribution in [2.75, 3.05) is 40.9 Å². The molecule has 448 valence electrons. The monoisotopic (exact) mass is 1100 g/mol. The summed E-state index contributed by atoms with van der Waals surface area (Å²) in [6.07, 6.45) is 72.9. The first-order chi connectivity index (χ1) is 37.4. The number of hydrogen-bond donors (Lipinski definition) is 1. The van der Waals surface area contributed by atoms with Crippen molar-refractivity contribution in [2.45, 2.75) is 303 Å². The average molecular weight is 1100 g/mol. The van der Waals surface area contributed by atoms with E-state index in [1.807, 2.05) is 33.3 Å². The van der Waals surface area contributed by atoms with E-state index in [-0.39, 0.29) is 24.9 Å². The van der Waals surface area contributed by atoms with Crippen LogP contribution in [-0.2, 0) is 27.9 Å². The van der Waals surface area contributed by atoms with Crippen LogP contribution in [0.5, 0.6) is 0 Å². The average Bonchev–Trinajstić information content (AvgIpc) is 3.39. The number of phosphoric acid groups is 1. The highest BCUT2D eigenvalue weighted by molar-refractivity contribution is 7.45. The first-order valence-corrected chi connectivity index (χ1v) is 33.7. The molecule has 10 heteroatoms. The summed E-state index contributed by atoms with van der Waals surface area (Å²) in [6, 6.07) is -0.901. The SMILES string of the molecule is CCCCC/C=C\C/C=C\C/C=C\C/C=C\CCCCCCCC(=O)OC(/C=C/CCCCCCCCCCCCC)C(COP(=O)([O-])OCC[N+](C)(C)C)NC(=O)CCCCCCCCC/C=C/CCCCCCCC. The molecule has 0 aliphatic heterocycles. The molecule has 3 atom stereocenters. The summed E-state index contributed by atoms with van der Waals surface area (Å²) < 4.78 is 30.3. The second-order valence-electron chi connectivity index (χ2n) is 22.9. The molecule has 0 heterocycles. The number of carbonyl (C=O) groups excluding carboxylic acids is 2. The van der Waals surface area contributed by atoms with E-state index >= 15 is 0 Å². The lowest BCUT2D eigenvalue weighted by molar-refractivity contribution is -0.870. The van der Waals surface area contributed by atoms with Gasteiger partial charge in [-0.15, -0.1) is 0 Å². The molecule has 0 fully saturated rings. The van der Waals surface area contributed by atoms with E-state index in [1.54, 1.807) is 0 Å². The van der Waals surface area contributed by atoms with Crippen molar-refractivity contribution in [3.8, 4) is 0 Å². The van der Waals surface area contributed by atoms with Gasteiger partial charge in [-0.3, -0.25) is 14.2 Å². The molecule has 0 saturated carbocycles. The molecule has 1 N–H and O–H groups in total. The van der Waals surface area contributed by atoms with Gasteiger partial charge in [-0.25, -0.2) is 0 Å². The molecule has 0 aromatic rings. The van der Waals surface area contributed by atoms with E-state index in [1.165, 1.54) is 148 Å². The zero-order valence-electron chi connectivity index (χ0n) is 51.2. The van der Waals surface area contributed by atoms with Crippen molar-refractivity contribution in [1.29, 1.82) is 0 Å². The topological polar surface area (TPSA) is 114 Å². The van der Waals surface area contributed by atoms with Crippen molar-refractivity contribution in [2.24, 2.45) is 0 Å². The largest absolute Gasteiger partial charge is 0.756 e. The first-order valence-electron chi connectivity index (χ1n) is 32.2. The predicted octanol–water partition coefficient (Wildman–Crippen LogP) is 19.4. The van der Waals surface area contributed by atoms with Crippen molar-refractivity contribution >= 4 is 19.7 Å². The predicted molar refractivity (Wildman–Crippen MR) is 330 cm³/mol. The number of allylic oxidation sites excluding steroid dienone is 11. The van der Waals surface area contributed by atoms with Gasteiger partial charge in [0.05, 0.1) is 33.8 Å². The maximum Gasteiger partial charge on any atom is 0.306 e. The molecule has 0 rings (SSSR count). The van der Waals surface area contributed by atoms with E-state index in [2.05, 4.69) is 86.8 Å². The van der Waals surface area contributed by atoms with E-state index in [0.29, 0.717) is 23.9 Å². The number of rotatable bonds is 58. The second-order valence-corrected chi connectivity index (χ2v) is 24.3. The summed E-state index contributed by atoms with van der Waals surface area (Å²) in [5.41, 5.74) is 0. The van der Waals surface area contributed by atoms with Crippen LogP contribution in [0.1, 0.15) is 290 Å². The summed E-state index contributed by atoms with van der Waals surface area (Å²) in [5, 5.41) is 3.03. The number of ether oxygens (including phenoxy) is 1.